The van der Waals surface area contributed by atoms with Crippen molar-refractivity contribution in [1.82, 2.24) is 0 Å². The van der Waals surface area contributed by atoms with E-state index in [0.717, 1.165) is 23.3 Å². The van der Waals surface area contributed by atoms with Crippen LogP contribution >= 0.6 is 27.5 Å². The van der Waals surface area contributed by atoms with Gasteiger partial charge >= 0.3 is 0 Å². The molecule has 0 aliphatic carbocycles. The Morgan fingerprint density at radius 3 is 2.65 bits per heavy atom. The molecule has 0 saturated carbocycles. The summed E-state index contributed by atoms with van der Waals surface area (Å²) >= 11 is 9.64. The Morgan fingerprint density at radius 1 is 1.20 bits per heavy atom. The third-order valence-electron chi connectivity index (χ3n) is 2.86. The Kier molecular flexibility index (Phi) is 5.44. The van der Waals surface area contributed by atoms with Crippen molar-refractivity contribution >= 4 is 27.5 Å². The van der Waals surface area contributed by atoms with Crippen molar-refractivity contribution in [2.45, 2.75) is 18.7 Å². The fourth-order valence-corrected chi connectivity index (χ4v) is 2.51. The second-order valence-corrected chi connectivity index (χ2v) is 5.75. The van der Waals surface area contributed by atoms with Crippen LogP contribution in [0.5, 0.6) is 5.75 Å². The van der Waals surface area contributed by atoms with Crippen LogP contribution in [0.3, 0.4) is 0 Å². The Labute approximate surface area is 131 Å². The second-order valence-electron chi connectivity index (χ2n) is 4.46. The highest BCUT2D eigenvalue weighted by molar-refractivity contribution is 9.10. The fourth-order valence-electron chi connectivity index (χ4n) is 1.84. The molecule has 0 heterocycles. The molecule has 2 rings (SSSR count). The molecule has 0 N–H and O–H groups in total. The number of ether oxygens (including phenoxy) is 1. The van der Waals surface area contributed by atoms with Gasteiger partial charge in [0.1, 0.15) is 11.6 Å². The van der Waals surface area contributed by atoms with Gasteiger partial charge in [-0.3, -0.25) is 0 Å². The highest BCUT2D eigenvalue weighted by Crippen LogP contribution is 2.32. The molecule has 0 fully saturated rings. The molecule has 1 nitrogen and oxygen atoms in total. The van der Waals surface area contributed by atoms with E-state index in [1.807, 2.05) is 24.3 Å². The number of alkyl halides is 1. The van der Waals surface area contributed by atoms with Gasteiger partial charge in [-0.1, -0.05) is 25.1 Å². The molecule has 0 aromatic heterocycles. The maximum Gasteiger partial charge on any atom is 0.137 e. The van der Waals surface area contributed by atoms with Gasteiger partial charge in [0.25, 0.3) is 0 Å². The molecule has 1 unspecified atom stereocenters. The van der Waals surface area contributed by atoms with Gasteiger partial charge in [0.2, 0.25) is 0 Å². The van der Waals surface area contributed by atoms with Crippen LogP contribution < -0.4 is 4.74 Å². The third kappa shape index (κ3) is 3.74. The zero-order valence-corrected chi connectivity index (χ0v) is 13.4. The largest absolute Gasteiger partial charge is 0.494 e. The number of halogens is 3. The van der Waals surface area contributed by atoms with E-state index >= 15 is 0 Å². The lowest BCUT2D eigenvalue weighted by atomic mass is 10.0. The predicted molar refractivity (Wildman–Crippen MR) is 84.0 cm³/mol. The van der Waals surface area contributed by atoms with Gasteiger partial charge in [0, 0.05) is 0 Å². The molecule has 0 bridgehead atoms. The number of benzene rings is 2. The minimum absolute atomic E-state index is 0.294. The average molecular weight is 358 g/mol. The molecule has 0 aliphatic heterocycles. The predicted octanol–water partition coefficient (Wildman–Crippen LogP) is 5.71. The second kappa shape index (κ2) is 7.09. The van der Waals surface area contributed by atoms with Gasteiger partial charge in [-0.15, -0.1) is 11.6 Å². The molecular formula is C16H15BrClFO. The van der Waals surface area contributed by atoms with Gasteiger partial charge in [-0.2, -0.15) is 0 Å². The molecule has 2 aromatic carbocycles. The van der Waals surface area contributed by atoms with E-state index < -0.39 is 0 Å². The molecule has 0 aliphatic rings. The van der Waals surface area contributed by atoms with Crippen LogP contribution in [-0.2, 0) is 0 Å². The van der Waals surface area contributed by atoms with E-state index in [2.05, 4.69) is 22.9 Å². The SMILES string of the molecule is CCCOc1cccc(C(Cl)c2ccc(F)c(Br)c2)c1. The summed E-state index contributed by atoms with van der Waals surface area (Å²) < 4.78 is 19.3. The topological polar surface area (TPSA) is 9.23 Å². The summed E-state index contributed by atoms with van der Waals surface area (Å²) in [4.78, 5) is 0. The van der Waals surface area contributed by atoms with Gasteiger partial charge < -0.3 is 4.74 Å². The average Bonchev–Trinajstić information content (AvgIpc) is 2.47. The first-order chi connectivity index (χ1) is 9.61. The minimum Gasteiger partial charge on any atom is -0.494 e. The van der Waals surface area contributed by atoms with E-state index in [-0.39, 0.29) is 11.2 Å². The van der Waals surface area contributed by atoms with Crippen LogP contribution in [0.15, 0.2) is 46.9 Å². The molecule has 0 amide bonds. The lowest BCUT2D eigenvalue weighted by molar-refractivity contribution is 0.317. The van der Waals surface area contributed by atoms with Crippen molar-refractivity contribution in [3.8, 4) is 5.75 Å². The summed E-state index contributed by atoms with van der Waals surface area (Å²) in [6.45, 7) is 2.74. The van der Waals surface area contributed by atoms with Gasteiger partial charge in [0.05, 0.1) is 16.5 Å². The van der Waals surface area contributed by atoms with E-state index in [1.165, 1.54) is 6.07 Å². The van der Waals surface area contributed by atoms with E-state index in [4.69, 9.17) is 16.3 Å². The molecule has 4 heteroatoms. The molecule has 2 aromatic rings. The van der Waals surface area contributed by atoms with Crippen molar-refractivity contribution < 1.29 is 9.13 Å². The summed E-state index contributed by atoms with van der Waals surface area (Å²) in [7, 11) is 0. The first kappa shape index (κ1) is 15.3. The van der Waals surface area contributed by atoms with Gasteiger partial charge in [0.15, 0.2) is 0 Å². The van der Waals surface area contributed by atoms with Crippen LogP contribution in [0.25, 0.3) is 0 Å². The van der Waals surface area contributed by atoms with E-state index in [0.29, 0.717) is 11.1 Å². The summed E-state index contributed by atoms with van der Waals surface area (Å²) in [5, 5.41) is -0.336. The lowest BCUT2D eigenvalue weighted by Gasteiger charge is -2.13. The smallest absolute Gasteiger partial charge is 0.137 e. The van der Waals surface area contributed by atoms with E-state index in [1.54, 1.807) is 12.1 Å². The number of hydrogen-bond acceptors (Lipinski definition) is 1. The molecule has 20 heavy (non-hydrogen) atoms. The summed E-state index contributed by atoms with van der Waals surface area (Å²) in [6.07, 6.45) is 0.958. The Morgan fingerprint density at radius 2 is 1.95 bits per heavy atom. The highest BCUT2D eigenvalue weighted by atomic mass is 79.9. The Hall–Kier alpha value is -1.06. The minimum atomic E-state index is -0.336. The quantitative estimate of drug-likeness (QED) is 0.623. The van der Waals surface area contributed by atoms with Gasteiger partial charge in [-0.05, 0) is 57.7 Å². The van der Waals surface area contributed by atoms with Crippen LogP contribution in [0.4, 0.5) is 4.39 Å². The zero-order valence-electron chi connectivity index (χ0n) is 11.1. The molecule has 1 atom stereocenters. The van der Waals surface area contributed by atoms with Crippen molar-refractivity contribution in [1.29, 1.82) is 0 Å². The molecule has 0 radical (unpaired) electrons. The summed E-state index contributed by atoms with van der Waals surface area (Å²) in [5.41, 5.74) is 1.77. The first-order valence-corrected chi connectivity index (χ1v) is 7.66. The molecule has 0 spiro atoms. The highest BCUT2D eigenvalue weighted by Gasteiger charge is 2.13. The van der Waals surface area contributed by atoms with Crippen LogP contribution in [-0.4, -0.2) is 6.61 Å². The molecule has 106 valence electrons. The third-order valence-corrected chi connectivity index (χ3v) is 3.97. The Bertz CT molecular complexity index is 588. The Balaban J connectivity index is 2.23. The van der Waals surface area contributed by atoms with Crippen molar-refractivity contribution in [2.75, 3.05) is 6.61 Å². The van der Waals surface area contributed by atoms with Crippen LogP contribution in [0.2, 0.25) is 0 Å². The van der Waals surface area contributed by atoms with Gasteiger partial charge in [-0.25, -0.2) is 4.39 Å². The normalized spacial score (nSPS) is 12.2. The number of rotatable bonds is 5. The standard InChI is InChI=1S/C16H15BrClFO/c1-2-8-20-13-5-3-4-11(9-13)16(18)12-6-7-15(19)14(17)10-12/h3-7,9-10,16H,2,8H2,1H3. The lowest BCUT2D eigenvalue weighted by Crippen LogP contribution is -1.98. The van der Waals surface area contributed by atoms with Crippen molar-refractivity contribution in [3.63, 3.8) is 0 Å². The monoisotopic (exact) mass is 356 g/mol. The molecular weight excluding hydrogens is 343 g/mol. The summed E-state index contributed by atoms with van der Waals surface area (Å²) in [6, 6.07) is 12.5. The maximum absolute atomic E-state index is 13.3. The zero-order chi connectivity index (χ0) is 14.5. The van der Waals surface area contributed by atoms with Crippen molar-refractivity contribution in [2.24, 2.45) is 0 Å². The van der Waals surface area contributed by atoms with E-state index in [9.17, 15) is 4.39 Å². The number of hydrogen-bond donors (Lipinski definition) is 0. The molecule has 0 saturated heterocycles. The van der Waals surface area contributed by atoms with Crippen LogP contribution in [0.1, 0.15) is 29.8 Å². The first-order valence-electron chi connectivity index (χ1n) is 6.43. The maximum atomic E-state index is 13.3. The fraction of sp³-hybridized carbons (Fsp3) is 0.250. The van der Waals surface area contributed by atoms with Crippen LogP contribution in [0, 0.1) is 5.82 Å². The van der Waals surface area contributed by atoms with Crippen molar-refractivity contribution in [3.05, 3.63) is 63.9 Å². The summed E-state index contributed by atoms with van der Waals surface area (Å²) in [5.74, 6) is 0.508.